The second kappa shape index (κ2) is 6.74. The number of rotatable bonds is 6. The molecule has 0 amide bonds. The number of guanidine groups is 1. The molecule has 3 aromatic rings. The summed E-state index contributed by atoms with van der Waals surface area (Å²) in [6, 6.07) is 8.07. The number of nitrogens with zero attached hydrogens (tertiary/aromatic N) is 3. The van der Waals surface area contributed by atoms with E-state index in [1.165, 1.54) is 0 Å². The fraction of sp³-hybridized carbons (Fsp3) is 0.353. The van der Waals surface area contributed by atoms with Crippen LogP contribution in [0.2, 0.25) is 0 Å². The van der Waals surface area contributed by atoms with Gasteiger partial charge in [-0.3, -0.25) is 4.99 Å². The van der Waals surface area contributed by atoms with E-state index in [9.17, 15) is 0 Å². The Balaban J connectivity index is 2.12. The highest BCUT2D eigenvalue weighted by Gasteiger charge is 2.22. The van der Waals surface area contributed by atoms with Crippen molar-refractivity contribution in [2.24, 2.45) is 16.5 Å². The number of para-hydroxylation sites is 1. The summed E-state index contributed by atoms with van der Waals surface area (Å²) in [5.74, 6) is 1.82. The molecule has 0 atom stereocenters. The molecule has 24 heavy (non-hydrogen) atoms. The Bertz CT molecular complexity index is 891. The molecule has 0 bridgehead atoms. The van der Waals surface area contributed by atoms with Crippen LogP contribution in [0.1, 0.15) is 25.6 Å². The largest absolute Gasteiger partial charge is 0.380 e. The van der Waals surface area contributed by atoms with Crippen molar-refractivity contribution < 1.29 is 4.57 Å². The van der Waals surface area contributed by atoms with Gasteiger partial charge in [0, 0.05) is 19.4 Å². The van der Waals surface area contributed by atoms with Gasteiger partial charge in [-0.1, -0.05) is 19.1 Å². The molecule has 0 aliphatic carbocycles. The van der Waals surface area contributed by atoms with Gasteiger partial charge < -0.3 is 17.2 Å². The van der Waals surface area contributed by atoms with E-state index in [0.717, 1.165) is 53.6 Å². The summed E-state index contributed by atoms with van der Waals surface area (Å²) in [6.07, 6.45) is 2.85. The lowest BCUT2D eigenvalue weighted by Crippen LogP contribution is -2.37. The van der Waals surface area contributed by atoms with E-state index in [4.69, 9.17) is 17.2 Å². The number of anilines is 1. The Kier molecular flexibility index (Phi) is 4.50. The first kappa shape index (κ1) is 16.0. The molecule has 2 heterocycles. The van der Waals surface area contributed by atoms with Crippen LogP contribution in [0.4, 0.5) is 5.82 Å². The minimum Gasteiger partial charge on any atom is -0.380 e. The number of hydrogen-bond donors (Lipinski definition) is 4. The molecule has 2 aromatic heterocycles. The highest BCUT2D eigenvalue weighted by Crippen LogP contribution is 2.25. The molecule has 7 N–H and O–H groups in total. The van der Waals surface area contributed by atoms with Crippen molar-refractivity contribution in [2.75, 3.05) is 12.3 Å². The van der Waals surface area contributed by atoms with E-state index in [1.807, 2.05) is 18.2 Å². The number of hydrogen-bond acceptors (Lipinski definition) is 3. The van der Waals surface area contributed by atoms with Crippen molar-refractivity contribution in [3.05, 3.63) is 30.1 Å². The zero-order valence-corrected chi connectivity index (χ0v) is 13.9. The SMILES string of the molecule is CCCc1[nH]c2c(N)nc3ccccc3c2[n+]1CCCN=C(N)N. The van der Waals surface area contributed by atoms with Crippen LogP contribution in [0.25, 0.3) is 21.9 Å². The number of H-pyrrole nitrogens is 1. The van der Waals surface area contributed by atoms with Crippen LogP contribution >= 0.6 is 0 Å². The molecule has 1 aromatic carbocycles. The van der Waals surface area contributed by atoms with Gasteiger partial charge in [-0.25, -0.2) is 14.5 Å². The number of aryl methyl sites for hydroxylation is 2. The minimum atomic E-state index is 0.131. The Morgan fingerprint density at radius 3 is 2.83 bits per heavy atom. The highest BCUT2D eigenvalue weighted by atomic mass is 15.1. The summed E-state index contributed by atoms with van der Waals surface area (Å²) in [6.45, 7) is 3.58. The number of aromatic nitrogens is 3. The summed E-state index contributed by atoms with van der Waals surface area (Å²) in [5, 5.41) is 1.10. The Morgan fingerprint density at radius 1 is 1.29 bits per heavy atom. The third-order valence-corrected chi connectivity index (χ3v) is 4.08. The van der Waals surface area contributed by atoms with Gasteiger partial charge in [0.05, 0.1) is 17.4 Å². The quantitative estimate of drug-likeness (QED) is 0.235. The van der Waals surface area contributed by atoms with Crippen LogP contribution in [0.15, 0.2) is 29.3 Å². The Labute approximate surface area is 140 Å². The van der Waals surface area contributed by atoms with E-state index >= 15 is 0 Å². The van der Waals surface area contributed by atoms with Gasteiger partial charge in [0.25, 0.3) is 5.82 Å². The van der Waals surface area contributed by atoms with Gasteiger partial charge in [0.1, 0.15) is 0 Å². The monoisotopic (exact) mass is 326 g/mol. The van der Waals surface area contributed by atoms with Crippen molar-refractivity contribution in [3.8, 4) is 0 Å². The fourth-order valence-electron chi connectivity index (χ4n) is 3.08. The van der Waals surface area contributed by atoms with E-state index in [-0.39, 0.29) is 5.96 Å². The molecule has 0 fully saturated rings. The maximum atomic E-state index is 6.18. The summed E-state index contributed by atoms with van der Waals surface area (Å²) >= 11 is 0. The van der Waals surface area contributed by atoms with E-state index in [1.54, 1.807) is 0 Å². The smallest absolute Gasteiger partial charge is 0.255 e. The predicted octanol–water partition coefficient (Wildman–Crippen LogP) is 1.20. The molecule has 3 rings (SSSR count). The second-order valence-corrected chi connectivity index (χ2v) is 5.87. The molecular weight excluding hydrogens is 302 g/mol. The van der Waals surface area contributed by atoms with Crippen molar-refractivity contribution in [3.63, 3.8) is 0 Å². The van der Waals surface area contributed by atoms with E-state index in [2.05, 4.69) is 32.5 Å². The van der Waals surface area contributed by atoms with Crippen molar-refractivity contribution in [2.45, 2.75) is 32.7 Å². The topological polar surface area (TPSA) is 123 Å². The Morgan fingerprint density at radius 2 is 2.08 bits per heavy atom. The van der Waals surface area contributed by atoms with E-state index in [0.29, 0.717) is 12.4 Å². The molecule has 0 saturated carbocycles. The lowest BCUT2D eigenvalue weighted by molar-refractivity contribution is -0.678. The maximum Gasteiger partial charge on any atom is 0.255 e. The number of nitrogens with two attached hydrogens (primary N) is 3. The summed E-state index contributed by atoms with van der Waals surface area (Å²) < 4.78 is 2.29. The van der Waals surface area contributed by atoms with Gasteiger partial charge in [0.2, 0.25) is 5.52 Å². The van der Waals surface area contributed by atoms with Gasteiger partial charge in [-0.15, -0.1) is 0 Å². The van der Waals surface area contributed by atoms with Crippen LogP contribution in [0.3, 0.4) is 0 Å². The predicted molar refractivity (Wildman–Crippen MR) is 97.5 cm³/mol. The fourth-order valence-corrected chi connectivity index (χ4v) is 3.08. The third kappa shape index (κ3) is 2.97. The van der Waals surface area contributed by atoms with Gasteiger partial charge >= 0.3 is 0 Å². The first-order valence-corrected chi connectivity index (χ1v) is 8.25. The van der Waals surface area contributed by atoms with Crippen LogP contribution < -0.4 is 21.8 Å². The molecular formula is C17H24N7+. The lowest BCUT2D eigenvalue weighted by atomic mass is 10.2. The molecule has 0 unspecified atom stereocenters. The second-order valence-electron chi connectivity index (χ2n) is 5.87. The van der Waals surface area contributed by atoms with Gasteiger partial charge in [-0.2, -0.15) is 0 Å². The molecule has 7 nitrogen and oxygen atoms in total. The van der Waals surface area contributed by atoms with Crippen LogP contribution in [0.5, 0.6) is 0 Å². The summed E-state index contributed by atoms with van der Waals surface area (Å²) in [5.41, 5.74) is 19.9. The summed E-state index contributed by atoms with van der Waals surface area (Å²) in [4.78, 5) is 12.1. The first-order chi connectivity index (χ1) is 11.6. The molecule has 7 heteroatoms. The molecule has 0 aliphatic heterocycles. The first-order valence-electron chi connectivity index (χ1n) is 8.25. The van der Waals surface area contributed by atoms with Crippen LogP contribution in [-0.2, 0) is 13.0 Å². The van der Waals surface area contributed by atoms with Crippen molar-refractivity contribution in [1.29, 1.82) is 0 Å². The minimum absolute atomic E-state index is 0.131. The standard InChI is InChI=1S/C17H23N7/c1-2-6-13-23-14-15(24(13)10-5-9-21-17(19)20)11-7-3-4-8-12(11)22-16(14)18/h3-4,7-8H,2,5-6,9-10H2,1H3,(H6,18,19,20,21,22)/p+1. The molecule has 126 valence electrons. The normalized spacial score (nSPS) is 11.2. The van der Waals surface area contributed by atoms with Crippen molar-refractivity contribution >= 4 is 33.7 Å². The van der Waals surface area contributed by atoms with Crippen LogP contribution in [-0.4, -0.2) is 22.5 Å². The number of nitrogen functional groups attached to an aromatic ring is 1. The average Bonchev–Trinajstić information content (AvgIpc) is 2.91. The zero-order valence-electron chi connectivity index (χ0n) is 13.9. The summed E-state index contributed by atoms with van der Waals surface area (Å²) in [7, 11) is 0. The Hall–Kier alpha value is -2.83. The van der Waals surface area contributed by atoms with Crippen molar-refractivity contribution in [1.82, 2.24) is 9.97 Å². The average molecular weight is 326 g/mol. The molecule has 0 radical (unpaired) electrons. The number of aliphatic imine (C=N–C) groups is 1. The number of aromatic amines is 1. The zero-order chi connectivity index (χ0) is 17.1. The molecule has 0 saturated heterocycles. The third-order valence-electron chi connectivity index (χ3n) is 4.08. The maximum absolute atomic E-state index is 6.18. The van der Waals surface area contributed by atoms with Gasteiger partial charge in [0.15, 0.2) is 17.3 Å². The van der Waals surface area contributed by atoms with E-state index < -0.39 is 0 Å². The molecule has 0 aliphatic rings. The number of benzene rings is 1. The number of imidazole rings is 1. The van der Waals surface area contributed by atoms with Gasteiger partial charge in [-0.05, 0) is 18.6 Å². The number of fused-ring (bicyclic) bond motifs is 3. The highest BCUT2D eigenvalue weighted by molar-refractivity contribution is 6.04. The number of nitrogens with one attached hydrogen (secondary N) is 1. The lowest BCUT2D eigenvalue weighted by Gasteiger charge is -2.04. The molecule has 0 spiro atoms. The van der Waals surface area contributed by atoms with Crippen LogP contribution in [0, 0.1) is 0 Å². The number of pyridine rings is 1.